The average molecular weight is 556 g/mol. The molecule has 7 nitrogen and oxygen atoms in total. The molecule has 3 aromatic heterocycles. The molecule has 176 valence electrons. The molecule has 11 heteroatoms. The van der Waals surface area contributed by atoms with Crippen LogP contribution in [0.5, 0.6) is 0 Å². The average Bonchev–Trinajstić information content (AvgIpc) is 3.19. The Labute approximate surface area is 210 Å². The fraction of sp³-hybridized carbons (Fsp3) is 0.208. The molecule has 0 unspecified atom stereocenters. The number of rotatable bonds is 3. The molecule has 35 heavy (non-hydrogen) atoms. The standard InChI is InChI=1S/C24H16BrF2N5O2S/c1-24(27)10-32(11-24)19(33)9-31-13-30-22-21(23(31)34)20(15-3-4-17(26)16(25)6-15)18(35-22)5-2-14-7-28-12-29-8-14/h3-4,6-8,12-13H,9-11H2,1H3. The van der Waals surface area contributed by atoms with E-state index in [-0.39, 0.29) is 35.4 Å². The number of nitrogens with zero attached hydrogens (tertiary/aromatic N) is 5. The highest BCUT2D eigenvalue weighted by molar-refractivity contribution is 9.10. The molecule has 1 amide bonds. The van der Waals surface area contributed by atoms with Crippen molar-refractivity contribution in [3.8, 4) is 23.0 Å². The highest BCUT2D eigenvalue weighted by Crippen LogP contribution is 2.37. The number of carbonyl (C=O) groups is 1. The summed E-state index contributed by atoms with van der Waals surface area (Å²) in [4.78, 5) is 40.7. The van der Waals surface area contributed by atoms with Crippen LogP contribution in [0.2, 0.25) is 0 Å². The molecule has 1 fully saturated rings. The van der Waals surface area contributed by atoms with Gasteiger partial charge in [-0.25, -0.2) is 23.7 Å². The second kappa shape index (κ2) is 8.94. The fourth-order valence-electron chi connectivity index (χ4n) is 3.82. The molecule has 0 bridgehead atoms. The Kier molecular flexibility index (Phi) is 5.94. The molecule has 5 rings (SSSR count). The number of halogens is 3. The van der Waals surface area contributed by atoms with Crippen molar-refractivity contribution in [3.63, 3.8) is 0 Å². The Morgan fingerprint density at radius 1 is 1.26 bits per heavy atom. The number of alkyl halides is 1. The molecule has 0 spiro atoms. The number of benzene rings is 1. The summed E-state index contributed by atoms with van der Waals surface area (Å²) in [6.07, 6.45) is 5.83. The second-order valence-corrected chi connectivity index (χ2v) is 10.2. The summed E-state index contributed by atoms with van der Waals surface area (Å²) in [7, 11) is 0. The number of likely N-dealkylation sites (tertiary alicyclic amines) is 1. The Balaban J connectivity index is 1.62. The largest absolute Gasteiger partial charge is 0.335 e. The Morgan fingerprint density at radius 3 is 2.69 bits per heavy atom. The van der Waals surface area contributed by atoms with Gasteiger partial charge in [0.1, 0.15) is 29.2 Å². The maximum Gasteiger partial charge on any atom is 0.263 e. The van der Waals surface area contributed by atoms with Crippen molar-refractivity contribution in [2.24, 2.45) is 0 Å². The van der Waals surface area contributed by atoms with Gasteiger partial charge in [0.2, 0.25) is 5.91 Å². The minimum Gasteiger partial charge on any atom is -0.335 e. The maximum atomic E-state index is 13.9. The summed E-state index contributed by atoms with van der Waals surface area (Å²) in [5.74, 6) is 5.22. The third-order valence-electron chi connectivity index (χ3n) is 5.47. The third-order valence-corrected chi connectivity index (χ3v) is 7.09. The van der Waals surface area contributed by atoms with Crippen LogP contribution in [0.3, 0.4) is 0 Å². The van der Waals surface area contributed by atoms with Gasteiger partial charge in [-0.05, 0) is 46.5 Å². The van der Waals surface area contributed by atoms with Crippen molar-refractivity contribution >= 4 is 43.4 Å². The molecule has 0 aliphatic carbocycles. The number of hydrogen-bond donors (Lipinski definition) is 0. The zero-order valence-electron chi connectivity index (χ0n) is 18.3. The van der Waals surface area contributed by atoms with E-state index in [0.717, 1.165) is 0 Å². The molecule has 0 atom stereocenters. The fourth-order valence-corrected chi connectivity index (χ4v) is 5.21. The van der Waals surface area contributed by atoms with E-state index in [2.05, 4.69) is 42.7 Å². The van der Waals surface area contributed by atoms with Gasteiger partial charge in [-0.2, -0.15) is 0 Å². The van der Waals surface area contributed by atoms with E-state index >= 15 is 0 Å². The van der Waals surface area contributed by atoms with E-state index in [9.17, 15) is 18.4 Å². The molecule has 0 radical (unpaired) electrons. The quantitative estimate of drug-likeness (QED) is 0.359. The molecule has 1 aromatic carbocycles. The molecule has 4 aromatic rings. The zero-order valence-corrected chi connectivity index (χ0v) is 20.7. The number of carbonyl (C=O) groups excluding carboxylic acids is 1. The summed E-state index contributed by atoms with van der Waals surface area (Å²) in [6, 6.07) is 4.42. The number of hydrogen-bond acceptors (Lipinski definition) is 6. The molecule has 4 heterocycles. The van der Waals surface area contributed by atoms with E-state index in [1.54, 1.807) is 24.5 Å². The van der Waals surface area contributed by atoms with Gasteiger partial charge >= 0.3 is 0 Å². The van der Waals surface area contributed by atoms with Crippen LogP contribution < -0.4 is 5.56 Å². The molecule has 1 aliphatic rings. The first-order valence-electron chi connectivity index (χ1n) is 10.4. The van der Waals surface area contributed by atoms with Crippen LogP contribution >= 0.6 is 27.3 Å². The second-order valence-electron chi connectivity index (χ2n) is 8.33. The SMILES string of the molecule is CC1(F)CN(C(=O)Cn2cnc3sc(C#Cc4cncnc4)c(-c4ccc(F)c(Br)c4)c3c2=O)C1. The highest BCUT2D eigenvalue weighted by Gasteiger charge is 2.41. The van der Waals surface area contributed by atoms with Gasteiger partial charge in [0.25, 0.3) is 5.56 Å². The van der Waals surface area contributed by atoms with Crippen LogP contribution in [-0.2, 0) is 11.3 Å². The summed E-state index contributed by atoms with van der Waals surface area (Å²) >= 11 is 4.42. The lowest BCUT2D eigenvalue weighted by atomic mass is 9.99. The first-order chi connectivity index (χ1) is 16.7. The van der Waals surface area contributed by atoms with Crippen molar-refractivity contribution in [1.82, 2.24) is 24.4 Å². The monoisotopic (exact) mass is 555 g/mol. The van der Waals surface area contributed by atoms with Crippen molar-refractivity contribution < 1.29 is 13.6 Å². The predicted molar refractivity (Wildman–Crippen MR) is 131 cm³/mol. The van der Waals surface area contributed by atoms with Crippen LogP contribution in [0.15, 0.2) is 52.5 Å². The van der Waals surface area contributed by atoms with E-state index in [0.29, 0.717) is 26.4 Å². The van der Waals surface area contributed by atoms with Gasteiger partial charge < -0.3 is 4.90 Å². The molecule has 0 N–H and O–H groups in total. The van der Waals surface area contributed by atoms with Crippen molar-refractivity contribution in [2.45, 2.75) is 19.1 Å². The first-order valence-corrected chi connectivity index (χ1v) is 12.0. The van der Waals surface area contributed by atoms with E-state index in [1.807, 2.05) is 0 Å². The van der Waals surface area contributed by atoms with Gasteiger partial charge in [0.05, 0.1) is 39.7 Å². The number of fused-ring (bicyclic) bond motifs is 1. The van der Waals surface area contributed by atoms with Crippen LogP contribution in [0.1, 0.15) is 17.4 Å². The number of aromatic nitrogens is 4. The summed E-state index contributed by atoms with van der Waals surface area (Å²) < 4.78 is 29.2. The highest BCUT2D eigenvalue weighted by atomic mass is 79.9. The minimum atomic E-state index is -1.41. The van der Waals surface area contributed by atoms with E-state index < -0.39 is 17.0 Å². The predicted octanol–water partition coefficient (Wildman–Crippen LogP) is 3.79. The molecular weight excluding hydrogens is 540 g/mol. The zero-order chi connectivity index (χ0) is 24.7. The maximum absolute atomic E-state index is 13.9. The lowest BCUT2D eigenvalue weighted by molar-refractivity contribution is -0.144. The topological polar surface area (TPSA) is 81.0 Å². The van der Waals surface area contributed by atoms with E-state index in [1.165, 1.54) is 46.4 Å². The van der Waals surface area contributed by atoms with Gasteiger partial charge in [-0.1, -0.05) is 12.0 Å². The minimum absolute atomic E-state index is 0.00744. The first kappa shape index (κ1) is 23.3. The van der Waals surface area contributed by atoms with Crippen molar-refractivity contribution in [2.75, 3.05) is 13.1 Å². The van der Waals surface area contributed by atoms with Crippen molar-refractivity contribution in [3.05, 3.63) is 74.3 Å². The van der Waals surface area contributed by atoms with Crippen LogP contribution in [0, 0.1) is 17.7 Å². The van der Waals surface area contributed by atoms with Crippen molar-refractivity contribution in [1.29, 1.82) is 0 Å². The third kappa shape index (κ3) is 4.59. The van der Waals surface area contributed by atoms with Crippen LogP contribution in [0.4, 0.5) is 8.78 Å². The van der Waals surface area contributed by atoms with Gasteiger partial charge in [-0.15, -0.1) is 11.3 Å². The number of thiophene rings is 1. The molecule has 1 aliphatic heterocycles. The lowest BCUT2D eigenvalue weighted by Crippen LogP contribution is -2.60. The van der Waals surface area contributed by atoms with Gasteiger partial charge in [0.15, 0.2) is 0 Å². The Morgan fingerprint density at radius 2 is 2.00 bits per heavy atom. The van der Waals surface area contributed by atoms with Crippen LogP contribution in [0.25, 0.3) is 21.3 Å². The lowest BCUT2D eigenvalue weighted by Gasteiger charge is -2.42. The normalized spacial score (nSPS) is 14.3. The van der Waals surface area contributed by atoms with Gasteiger partial charge in [-0.3, -0.25) is 14.2 Å². The van der Waals surface area contributed by atoms with Gasteiger partial charge in [0, 0.05) is 18.0 Å². The summed E-state index contributed by atoms with van der Waals surface area (Å²) in [6.45, 7) is 1.15. The molecule has 0 saturated carbocycles. The van der Waals surface area contributed by atoms with E-state index in [4.69, 9.17) is 0 Å². The van der Waals surface area contributed by atoms with Crippen LogP contribution in [-0.4, -0.2) is 49.1 Å². The molecular formula is C24H16BrF2N5O2S. The molecule has 1 saturated heterocycles. The smallest absolute Gasteiger partial charge is 0.263 e. The summed E-state index contributed by atoms with van der Waals surface area (Å²) in [5.41, 5.74) is -0.195. The number of amides is 1. The Bertz CT molecular complexity index is 1580. The Hall–Kier alpha value is -3.49. The summed E-state index contributed by atoms with van der Waals surface area (Å²) in [5, 5.41) is 0.274.